The van der Waals surface area contributed by atoms with Crippen molar-refractivity contribution in [1.82, 2.24) is 15.1 Å². The molecule has 1 saturated carbocycles. The van der Waals surface area contributed by atoms with E-state index in [4.69, 9.17) is 16.3 Å². The lowest BCUT2D eigenvalue weighted by Crippen LogP contribution is -2.59. The van der Waals surface area contributed by atoms with Gasteiger partial charge in [-0.15, -0.1) is 0 Å². The van der Waals surface area contributed by atoms with Crippen LogP contribution in [0, 0.1) is 11.1 Å². The number of nitrogens with one attached hydrogen (secondary N) is 1. The number of aryl methyl sites for hydroxylation is 2. The van der Waals surface area contributed by atoms with E-state index in [2.05, 4.69) is 114 Å². The van der Waals surface area contributed by atoms with Crippen LogP contribution >= 0.6 is 11.6 Å². The number of benzene rings is 5. The van der Waals surface area contributed by atoms with Gasteiger partial charge < -0.3 is 25.1 Å². The van der Waals surface area contributed by atoms with Crippen LogP contribution in [0.2, 0.25) is 5.02 Å². The molecule has 2 heterocycles. The minimum atomic E-state index is 0.174. The second-order valence-corrected chi connectivity index (χ2v) is 18.2. The Bertz CT molecular complexity index is 2410. The van der Waals surface area contributed by atoms with E-state index in [9.17, 15) is 5.21 Å². The highest BCUT2D eigenvalue weighted by molar-refractivity contribution is 6.31. The number of hydroxylamine groups is 1. The van der Waals surface area contributed by atoms with Gasteiger partial charge in [-0.1, -0.05) is 103 Å². The molecule has 10 rings (SSSR count). The van der Waals surface area contributed by atoms with E-state index in [0.717, 1.165) is 65.1 Å². The van der Waals surface area contributed by atoms with Crippen LogP contribution in [0.1, 0.15) is 83.0 Å². The molecule has 0 unspecified atom stereocenters. The molecule has 0 aromatic heterocycles. The molecule has 0 radical (unpaired) electrons. The summed E-state index contributed by atoms with van der Waals surface area (Å²) in [5.41, 5.74) is 13.8. The smallest absolute Gasteiger partial charge is 0.228 e. The average molecular weight is 849 g/mol. The molecule has 2 bridgehead atoms. The zero-order chi connectivity index (χ0) is 43.2. The van der Waals surface area contributed by atoms with Crippen molar-refractivity contribution in [2.45, 2.75) is 69.2 Å². The second-order valence-electron chi connectivity index (χ2n) is 17.8. The zero-order valence-corrected chi connectivity index (χ0v) is 37.9. The Hall–Kier alpha value is -5.21. The van der Waals surface area contributed by atoms with E-state index < -0.39 is 0 Å². The molecule has 0 spiro atoms. The molecule has 1 saturated heterocycles. The number of rotatable bonds is 5. The van der Waals surface area contributed by atoms with E-state index in [1.54, 1.807) is 37.4 Å². The van der Waals surface area contributed by atoms with Gasteiger partial charge in [0.05, 0.1) is 18.4 Å². The molecular formula is C54H62ClN5O2. The number of halogens is 1. The fourth-order valence-corrected chi connectivity index (χ4v) is 10.9. The van der Waals surface area contributed by atoms with Crippen molar-refractivity contribution >= 4 is 34.4 Å². The first-order valence-electron chi connectivity index (χ1n) is 22.5. The Morgan fingerprint density at radius 3 is 2.27 bits per heavy atom. The molecule has 322 valence electrons. The number of hydrogen-bond acceptors (Lipinski definition) is 6. The van der Waals surface area contributed by atoms with Crippen LogP contribution in [-0.2, 0) is 24.7 Å². The maximum Gasteiger partial charge on any atom is 0.228 e. The van der Waals surface area contributed by atoms with Gasteiger partial charge >= 0.3 is 0 Å². The number of likely N-dealkylation sites (tertiary alicyclic amines) is 1. The molecule has 3 aliphatic carbocycles. The molecule has 2 aliphatic heterocycles. The second kappa shape index (κ2) is 19.5. The summed E-state index contributed by atoms with van der Waals surface area (Å²) >= 11 is 6.10. The first kappa shape index (κ1) is 43.4. The van der Waals surface area contributed by atoms with Crippen molar-refractivity contribution in [2.24, 2.45) is 10.9 Å². The zero-order valence-electron chi connectivity index (χ0n) is 37.2. The maximum absolute atomic E-state index is 12.6. The van der Waals surface area contributed by atoms with Crippen molar-refractivity contribution in [1.29, 1.82) is 0 Å². The number of methoxy groups -OCH3 is 1. The van der Waals surface area contributed by atoms with Crippen LogP contribution in [0.4, 0.5) is 5.69 Å². The van der Waals surface area contributed by atoms with Gasteiger partial charge in [0, 0.05) is 35.6 Å². The highest BCUT2D eigenvalue weighted by atomic mass is 35.5. The number of likely N-dealkylation sites (N-methyl/N-ethyl adjacent to an activating group) is 2. The number of fused-ring (bicyclic) bond motifs is 4. The quantitative estimate of drug-likeness (QED) is 0.141. The molecule has 1 N–H and O–H groups in total. The highest BCUT2D eigenvalue weighted by Gasteiger charge is 2.53. The first-order valence-corrected chi connectivity index (χ1v) is 22.9. The Balaban J connectivity index is 0.000000128. The summed E-state index contributed by atoms with van der Waals surface area (Å²) in [6.07, 6.45) is 14.0. The monoisotopic (exact) mass is 847 g/mol. The third kappa shape index (κ3) is 9.13. The van der Waals surface area contributed by atoms with Gasteiger partial charge in [-0.25, -0.2) is 4.99 Å². The molecular weight excluding hydrogens is 786 g/mol. The van der Waals surface area contributed by atoms with E-state index in [1.165, 1.54) is 72.9 Å². The summed E-state index contributed by atoms with van der Waals surface area (Å²) in [5, 5.41) is 16.1. The van der Waals surface area contributed by atoms with Gasteiger partial charge in [-0.3, -0.25) is 0 Å². The lowest BCUT2D eigenvalue weighted by Gasteiger charge is -2.58. The summed E-state index contributed by atoms with van der Waals surface area (Å²) in [6, 6.07) is 40.3. The molecule has 7 nitrogen and oxygen atoms in total. The Morgan fingerprint density at radius 1 is 0.871 bits per heavy atom. The van der Waals surface area contributed by atoms with Crippen molar-refractivity contribution in [3.8, 4) is 5.75 Å². The minimum Gasteiger partial charge on any atom is -0.623 e. The Kier molecular flexibility index (Phi) is 13.6. The van der Waals surface area contributed by atoms with Gasteiger partial charge in [0.15, 0.2) is 5.84 Å². The van der Waals surface area contributed by atoms with E-state index in [0.29, 0.717) is 22.0 Å². The summed E-state index contributed by atoms with van der Waals surface area (Å²) in [4.78, 5) is 9.38. The predicted octanol–water partition coefficient (Wildman–Crippen LogP) is 10.5. The van der Waals surface area contributed by atoms with Gasteiger partial charge in [0.2, 0.25) is 12.3 Å². The minimum absolute atomic E-state index is 0.174. The Labute approximate surface area is 374 Å². The summed E-state index contributed by atoms with van der Waals surface area (Å²) in [7, 11) is 10.1. The first-order chi connectivity index (χ1) is 30.2. The molecule has 3 atom stereocenters. The van der Waals surface area contributed by atoms with Crippen LogP contribution in [0.25, 0.3) is 5.57 Å². The lowest BCUT2D eigenvalue weighted by atomic mass is 9.52. The van der Waals surface area contributed by atoms with Crippen molar-refractivity contribution in [3.05, 3.63) is 176 Å². The normalized spacial score (nSPS) is 21.1. The number of nitrogens with zero attached hydrogens (tertiary/aromatic N) is 4. The summed E-state index contributed by atoms with van der Waals surface area (Å²) in [6.45, 7) is 2.53. The van der Waals surface area contributed by atoms with Crippen LogP contribution in [0.15, 0.2) is 126 Å². The average Bonchev–Trinajstić information content (AvgIpc) is 3.55. The fourth-order valence-electron chi connectivity index (χ4n) is 10.8. The molecule has 2 fully saturated rings. The molecule has 5 aliphatic rings. The van der Waals surface area contributed by atoms with E-state index in [-0.39, 0.29) is 6.54 Å². The number of ether oxygens (including phenoxy) is 1. The van der Waals surface area contributed by atoms with Gasteiger partial charge in [0.1, 0.15) is 5.75 Å². The van der Waals surface area contributed by atoms with Gasteiger partial charge in [-0.2, -0.15) is 4.74 Å². The van der Waals surface area contributed by atoms with Crippen LogP contribution in [0.3, 0.4) is 0 Å². The van der Waals surface area contributed by atoms with E-state index >= 15 is 0 Å². The third-order valence-corrected chi connectivity index (χ3v) is 14.1. The molecule has 8 heteroatoms. The summed E-state index contributed by atoms with van der Waals surface area (Å²) in [5.74, 6) is 2.54. The standard InChI is InChI=1S/C20H23N.C18H25NO.C16H14ClN3O/c1-21(2)15-7-12-20-18-10-5-3-8-16(18)13-14-17-9-4-6-11-19(17)20;1-19-10-9-18-8-4-3-5-15(18)17(19)11-13-6-7-14(20-2)12-16(13)18;1-18-15-10-20(21)16(11-5-3-2-4-6-11)13-9-12(17)7-8-14(13)19-15/h3-6,8-12H,7,13-15H2,1-2H3;6-7,12,15,17H,3-5,8-11H2,1-2H3;2-9H,10H2,1H3,(H,18,19)/t;15-,17+,18+;/m.1./s1. The van der Waals surface area contributed by atoms with Crippen molar-refractivity contribution < 1.29 is 9.48 Å². The largest absolute Gasteiger partial charge is 0.623 e. The summed E-state index contributed by atoms with van der Waals surface area (Å²) < 4.78 is 6.46. The third-order valence-electron chi connectivity index (χ3n) is 13.9. The molecule has 5 aromatic rings. The van der Waals surface area contributed by atoms with Crippen LogP contribution < -0.4 is 10.1 Å². The van der Waals surface area contributed by atoms with Crippen molar-refractivity contribution in [3.63, 3.8) is 0 Å². The SMILES string of the molecule is CN(C)CCC=C1c2ccccc2CCc2ccccc21.CNC1=Nc2ccc(Cl)cc2C(c2ccccc2)=[N+]([O-])C1.COc1ccc2c(c1)[C@]13CCCC[C@@H]1[C@H](C2)N(C)CC3. The van der Waals surface area contributed by atoms with Crippen LogP contribution in [-0.4, -0.2) is 87.1 Å². The lowest BCUT2D eigenvalue weighted by molar-refractivity contribution is -0.439. The molecule has 5 aromatic carbocycles. The van der Waals surface area contributed by atoms with Gasteiger partial charge in [0.25, 0.3) is 0 Å². The number of piperidine rings is 1. The fraction of sp³-hybridized carbons (Fsp3) is 0.370. The predicted molar refractivity (Wildman–Crippen MR) is 258 cm³/mol. The number of amidine groups is 1. The van der Waals surface area contributed by atoms with Crippen LogP contribution in [0.5, 0.6) is 5.75 Å². The van der Waals surface area contributed by atoms with Gasteiger partial charge in [-0.05, 0) is 160 Å². The molecule has 0 amide bonds. The number of hydrogen-bond donors (Lipinski definition) is 1. The van der Waals surface area contributed by atoms with Crippen molar-refractivity contribution in [2.75, 3.05) is 54.9 Å². The maximum atomic E-state index is 12.6. The Morgan fingerprint density at radius 2 is 1.58 bits per heavy atom. The number of aliphatic imine (C=N–C) groups is 1. The highest BCUT2D eigenvalue weighted by Crippen LogP contribution is 2.56. The van der Waals surface area contributed by atoms with E-state index in [1.807, 2.05) is 36.4 Å². The topological polar surface area (TPSA) is 66.2 Å². The molecule has 62 heavy (non-hydrogen) atoms.